The van der Waals surface area contributed by atoms with Gasteiger partial charge in [-0.25, -0.2) is 4.98 Å². The lowest BCUT2D eigenvalue weighted by Crippen LogP contribution is -1.44. The lowest BCUT2D eigenvalue weighted by atomic mass is 11.0. The van der Waals surface area contributed by atoms with Gasteiger partial charge in [0.2, 0.25) is 0 Å². The van der Waals surface area contributed by atoms with E-state index in [-0.39, 0.29) is 6.30 Å². The Balaban J connectivity index is 3.12. The summed E-state index contributed by atoms with van der Waals surface area (Å²) in [6, 6.07) is 0. The van der Waals surface area contributed by atoms with Gasteiger partial charge in [0, 0.05) is 12.4 Å². The molecule has 1 heterocycles. The lowest BCUT2D eigenvalue weighted by Gasteiger charge is -1.46. The van der Waals surface area contributed by atoms with Gasteiger partial charge >= 0.3 is 0 Å². The normalized spacial score (nSPS) is 13.6. The molecule has 1 aromatic heterocycles. The lowest BCUT2D eigenvalue weighted by molar-refractivity contribution is 1.31. The van der Waals surface area contributed by atoms with Crippen molar-refractivity contribution in [1.82, 2.24) is 9.96 Å². The number of aromatic amines is 1. The molecule has 0 fully saturated rings. The summed E-state index contributed by atoms with van der Waals surface area (Å²) < 4.78 is 13.5. The Labute approximate surface area is 32.7 Å². The van der Waals surface area contributed by atoms with E-state index in [2.05, 4.69) is 4.98 Å². The van der Waals surface area contributed by atoms with Crippen LogP contribution in [0.4, 0.5) is 0 Å². The van der Waals surface area contributed by atoms with Crippen LogP contribution in [0.2, 0.25) is 1.41 Å². The second-order valence-electron chi connectivity index (χ2n) is 0.656. The first kappa shape index (κ1) is 1.12. The molecule has 5 heavy (non-hydrogen) atoms. The van der Waals surface area contributed by atoms with Crippen molar-refractivity contribution in [2.45, 2.75) is 0 Å². The summed E-state index contributed by atoms with van der Waals surface area (Å²) in [5, 5.41) is 0. The van der Waals surface area contributed by atoms with E-state index in [9.17, 15) is 0 Å². The number of hydrogen-bond donors (Lipinski definition) is 1. The number of rotatable bonds is 0. The number of nitrogens with one attached hydrogen (secondary N) is 1. The second kappa shape index (κ2) is 0.885. The molecule has 0 spiro atoms. The van der Waals surface area contributed by atoms with Crippen LogP contribution < -0.4 is 0 Å². The maximum Gasteiger partial charge on any atom is 0.167 e. The van der Waals surface area contributed by atoms with E-state index in [4.69, 9.17) is 2.78 Å². The third kappa shape index (κ3) is 0.265. The molecule has 0 aliphatic heterocycles. The van der Waals surface area contributed by atoms with E-state index in [0.29, 0.717) is 0 Å². The van der Waals surface area contributed by atoms with Crippen LogP contribution in [0.25, 0.3) is 0 Å². The quantitative estimate of drug-likeness (QED) is 0.470. The molecule has 0 aliphatic carbocycles. The molecule has 0 aliphatic rings. The smallest absolute Gasteiger partial charge is 0.167 e. The zero-order valence-electron chi connectivity index (χ0n) is 4.55. The minimum absolute atomic E-state index is 0.0278. The average molecular weight is 70.1 g/mol. The molecule has 26 valence electrons. The molecule has 0 unspecified atom stereocenters. The van der Waals surface area contributed by atoms with Crippen LogP contribution in [-0.4, -0.2) is 9.96 Å². The van der Waals surface area contributed by atoms with Gasteiger partial charge in [0.25, 0.3) is 0 Å². The van der Waals surface area contributed by atoms with Crippen LogP contribution >= 0.6 is 0 Å². The van der Waals surface area contributed by atoms with Crippen molar-refractivity contribution in [3.8, 4) is 0 Å². The Hall–Kier alpha value is -0.790. The highest BCUT2D eigenvalue weighted by atomic mass is 14.8. The van der Waals surface area contributed by atoms with Crippen molar-refractivity contribution >= 4 is 0 Å². The number of hydrogen-bond acceptors (Lipinski definition) is 1. The van der Waals surface area contributed by atoms with E-state index < -0.39 is 0 Å². The van der Waals surface area contributed by atoms with E-state index in [1.807, 2.05) is 0 Å². The van der Waals surface area contributed by atoms with Crippen molar-refractivity contribution in [2.24, 2.45) is 0 Å². The van der Waals surface area contributed by atoms with Crippen molar-refractivity contribution in [2.75, 3.05) is 0 Å². The maximum atomic E-state index is 6.77. The van der Waals surface area contributed by atoms with Gasteiger partial charge in [-0.2, -0.15) is 0 Å². The number of nitrogens with zero attached hydrogens (tertiary/aromatic N) is 1. The molecule has 0 atom stereocenters. The van der Waals surface area contributed by atoms with Gasteiger partial charge in [-0.1, -0.05) is 0 Å². The van der Waals surface area contributed by atoms with Crippen LogP contribution in [0.3, 0.4) is 0 Å². The Bertz CT molecular complexity index is 143. The second-order valence-corrected chi connectivity index (χ2v) is 0.656. The summed E-state index contributed by atoms with van der Waals surface area (Å²) in [6.07, 6.45) is 2.79. The maximum absolute atomic E-state index is 6.77. The first-order valence-electron chi connectivity index (χ1n) is 2.24. The van der Waals surface area contributed by atoms with Gasteiger partial charge in [-0.3, -0.25) is 0 Å². The summed E-state index contributed by atoms with van der Waals surface area (Å²) in [7, 11) is 0. The summed E-state index contributed by atoms with van der Waals surface area (Å²) in [4.78, 5) is 4.35. The van der Waals surface area contributed by atoms with Crippen molar-refractivity contribution in [1.29, 1.82) is 0 Å². The highest BCUT2D eigenvalue weighted by molar-refractivity contribution is 4.64. The first-order chi connectivity index (χ1) is 3.30. The fraction of sp³-hybridized carbons (Fsp3) is 0. The van der Waals surface area contributed by atoms with Gasteiger partial charge in [-0.05, 0) is 0 Å². The molecule has 1 aromatic rings. The molecule has 0 radical (unpaired) electrons. The summed E-state index contributed by atoms with van der Waals surface area (Å²) in [5.74, 6) is 0. The van der Waals surface area contributed by atoms with Gasteiger partial charge in [0.1, 0.15) is 1.37 Å². The van der Waals surface area contributed by atoms with Gasteiger partial charge in [0.15, 0.2) is 1.41 Å². The summed E-state index contributed by atoms with van der Waals surface area (Å²) in [6.45, 7) is 0. The average Bonchev–Trinajstić information content (AvgIpc) is 1.91. The standard InChI is InChI=1S/C3H4N2/c1-2-5-3-4-1/h1-3H,(H,4,5)/i3D/hD. The molecule has 2 nitrogen and oxygen atoms in total. The zero-order valence-corrected chi connectivity index (χ0v) is 2.55. The minimum atomic E-state index is -0.0278. The fourth-order valence-corrected chi connectivity index (χ4v) is 0.167. The van der Waals surface area contributed by atoms with E-state index in [1.54, 1.807) is 0 Å². The Morgan fingerprint density at radius 1 is 2.20 bits per heavy atom. The van der Waals surface area contributed by atoms with Crippen LogP contribution in [0, 0.1) is 0 Å². The molecule has 1 N–H and O–H groups in total. The highest BCUT2D eigenvalue weighted by Gasteiger charge is 1.56. The predicted octanol–water partition coefficient (Wildman–Crippen LogP) is 0.410. The zero-order chi connectivity index (χ0) is 5.28. The Kier molecular flexibility index (Phi) is 0.199. The Morgan fingerprint density at radius 2 is 3.20 bits per heavy atom. The Morgan fingerprint density at radius 3 is 3.40 bits per heavy atom. The number of imidazole rings is 1. The minimum Gasteiger partial charge on any atom is -0.351 e. The van der Waals surface area contributed by atoms with Gasteiger partial charge < -0.3 is 4.98 Å². The van der Waals surface area contributed by atoms with E-state index in [0.717, 1.165) is 4.98 Å². The van der Waals surface area contributed by atoms with E-state index >= 15 is 0 Å². The van der Waals surface area contributed by atoms with Crippen molar-refractivity contribution in [3.05, 3.63) is 18.7 Å². The summed E-state index contributed by atoms with van der Waals surface area (Å²) >= 11 is 0. The first-order valence-corrected chi connectivity index (χ1v) is 1.30. The van der Waals surface area contributed by atoms with Crippen molar-refractivity contribution < 1.29 is 2.78 Å². The topological polar surface area (TPSA) is 28.7 Å². The molecule has 0 aromatic carbocycles. The molecule has 2 heteroatoms. The van der Waals surface area contributed by atoms with Crippen LogP contribution in [-0.2, 0) is 0 Å². The molecule has 0 amide bonds. The number of aromatic nitrogens is 2. The molecule has 0 saturated carbocycles. The van der Waals surface area contributed by atoms with E-state index in [1.165, 1.54) is 12.4 Å². The van der Waals surface area contributed by atoms with Crippen LogP contribution in [0.15, 0.2) is 18.7 Å². The van der Waals surface area contributed by atoms with Crippen LogP contribution in [0.1, 0.15) is 1.37 Å². The van der Waals surface area contributed by atoms with Crippen LogP contribution in [0.5, 0.6) is 0 Å². The highest BCUT2D eigenvalue weighted by Crippen LogP contribution is 1.62. The predicted molar refractivity (Wildman–Crippen MR) is 18.6 cm³/mol. The molecule has 0 bridgehead atoms. The third-order valence-corrected chi connectivity index (χ3v) is 0.331. The molecular weight excluding hydrogens is 64.0 g/mol. The monoisotopic (exact) mass is 70.1 g/mol. The fourth-order valence-electron chi connectivity index (χ4n) is 0.167. The SMILES string of the molecule is [2H]c1nccn1[2H]. The molecule has 0 saturated heterocycles. The molecular formula is C3H4N2. The summed E-state index contributed by atoms with van der Waals surface area (Å²) in [5.41, 5.74) is 0. The van der Waals surface area contributed by atoms with Crippen molar-refractivity contribution in [3.63, 3.8) is 0 Å². The molecule has 1 rings (SSSR count). The van der Waals surface area contributed by atoms with Gasteiger partial charge in [-0.15, -0.1) is 0 Å². The number of H-pyrrole nitrogens is 1. The third-order valence-electron chi connectivity index (χ3n) is 0.331. The largest absolute Gasteiger partial charge is 0.351 e. The van der Waals surface area contributed by atoms with Gasteiger partial charge in [0.05, 0.1) is 6.30 Å².